The number of aromatic amines is 1. The SMILES string of the molecule is CC(C)Cc1ccc2nc(N)c3nc(CO)[nH]c3c2n1. The third-order valence-electron chi connectivity index (χ3n) is 3.17. The molecule has 0 fully saturated rings. The number of fused-ring (bicyclic) bond motifs is 3. The molecule has 3 rings (SSSR count). The van der Waals surface area contributed by atoms with Gasteiger partial charge in [-0.25, -0.2) is 15.0 Å². The normalized spacial score (nSPS) is 11.8. The summed E-state index contributed by atoms with van der Waals surface area (Å²) in [6.45, 7) is 4.15. The van der Waals surface area contributed by atoms with Crippen LogP contribution in [-0.4, -0.2) is 25.0 Å². The van der Waals surface area contributed by atoms with Gasteiger partial charge in [-0.3, -0.25) is 0 Å². The van der Waals surface area contributed by atoms with Crippen LogP contribution >= 0.6 is 0 Å². The lowest BCUT2D eigenvalue weighted by atomic mass is 10.1. The number of nitrogens with two attached hydrogens (primary N) is 1. The third kappa shape index (κ3) is 2.08. The fourth-order valence-corrected chi connectivity index (χ4v) is 2.33. The first kappa shape index (κ1) is 12.8. The lowest BCUT2D eigenvalue weighted by molar-refractivity contribution is 0.273. The predicted molar refractivity (Wildman–Crippen MR) is 78.1 cm³/mol. The molecule has 3 aromatic heterocycles. The van der Waals surface area contributed by atoms with E-state index in [1.165, 1.54) is 0 Å². The number of imidazole rings is 1. The fraction of sp³-hybridized carbons (Fsp3) is 0.357. The summed E-state index contributed by atoms with van der Waals surface area (Å²) in [6, 6.07) is 3.90. The van der Waals surface area contributed by atoms with Gasteiger partial charge in [0.2, 0.25) is 0 Å². The number of hydrogen-bond donors (Lipinski definition) is 3. The lowest BCUT2D eigenvalue weighted by Crippen LogP contribution is -1.99. The molecule has 3 aromatic rings. The number of aliphatic hydroxyl groups is 1. The Bertz CT molecular complexity index is 778. The highest BCUT2D eigenvalue weighted by atomic mass is 16.3. The molecule has 0 saturated carbocycles. The van der Waals surface area contributed by atoms with Gasteiger partial charge in [0.1, 0.15) is 23.5 Å². The summed E-state index contributed by atoms with van der Waals surface area (Å²) >= 11 is 0. The van der Waals surface area contributed by atoms with E-state index in [2.05, 4.69) is 33.8 Å². The monoisotopic (exact) mass is 271 g/mol. The molecule has 0 atom stereocenters. The Morgan fingerprint density at radius 1 is 1.20 bits per heavy atom. The molecule has 0 radical (unpaired) electrons. The molecule has 0 unspecified atom stereocenters. The summed E-state index contributed by atoms with van der Waals surface area (Å²) in [4.78, 5) is 16.3. The summed E-state index contributed by atoms with van der Waals surface area (Å²) in [5.41, 5.74) is 9.71. The van der Waals surface area contributed by atoms with Crippen LogP contribution in [0.15, 0.2) is 12.1 Å². The smallest absolute Gasteiger partial charge is 0.152 e. The number of H-pyrrole nitrogens is 1. The van der Waals surface area contributed by atoms with E-state index in [9.17, 15) is 5.11 Å². The average molecular weight is 271 g/mol. The van der Waals surface area contributed by atoms with Crippen LogP contribution < -0.4 is 5.73 Å². The van der Waals surface area contributed by atoms with Crippen molar-refractivity contribution in [3.05, 3.63) is 23.7 Å². The van der Waals surface area contributed by atoms with Crippen LogP contribution in [0.4, 0.5) is 5.82 Å². The van der Waals surface area contributed by atoms with E-state index in [-0.39, 0.29) is 6.61 Å². The predicted octanol–water partition coefficient (Wildman–Crippen LogP) is 1.78. The standard InChI is InChI=1S/C14H17N5O/c1-7(2)5-8-3-4-9-11(16-8)12-13(14(15)17-9)19-10(6-20)18-12/h3-4,7,20H,5-6H2,1-2H3,(H2,15,17)(H,18,19). The highest BCUT2D eigenvalue weighted by Crippen LogP contribution is 2.25. The molecule has 6 heteroatoms. The molecule has 0 aliphatic rings. The van der Waals surface area contributed by atoms with E-state index in [4.69, 9.17) is 5.73 Å². The van der Waals surface area contributed by atoms with Gasteiger partial charge in [0.25, 0.3) is 0 Å². The molecule has 0 amide bonds. The van der Waals surface area contributed by atoms with Gasteiger partial charge in [0, 0.05) is 5.69 Å². The van der Waals surface area contributed by atoms with Gasteiger partial charge in [0.05, 0.1) is 11.0 Å². The minimum Gasteiger partial charge on any atom is -0.388 e. The molecule has 0 bridgehead atoms. The molecule has 0 spiro atoms. The molecule has 0 aliphatic heterocycles. The second kappa shape index (κ2) is 4.72. The first-order valence-corrected chi connectivity index (χ1v) is 6.63. The molecule has 104 valence electrons. The van der Waals surface area contributed by atoms with E-state index < -0.39 is 0 Å². The molecule has 20 heavy (non-hydrogen) atoms. The molecule has 0 aromatic carbocycles. The van der Waals surface area contributed by atoms with Crippen molar-refractivity contribution in [2.45, 2.75) is 26.9 Å². The van der Waals surface area contributed by atoms with Crippen LogP contribution in [0.3, 0.4) is 0 Å². The lowest BCUT2D eigenvalue weighted by Gasteiger charge is -2.06. The molecular weight excluding hydrogens is 254 g/mol. The zero-order valence-electron chi connectivity index (χ0n) is 11.5. The molecule has 0 aliphatic carbocycles. The molecule has 3 heterocycles. The van der Waals surface area contributed by atoms with Crippen molar-refractivity contribution in [3.63, 3.8) is 0 Å². The van der Waals surface area contributed by atoms with Crippen LogP contribution in [0, 0.1) is 5.92 Å². The Kier molecular flexibility index (Phi) is 3.02. The topological polar surface area (TPSA) is 101 Å². The third-order valence-corrected chi connectivity index (χ3v) is 3.17. The highest BCUT2D eigenvalue weighted by Gasteiger charge is 2.13. The van der Waals surface area contributed by atoms with Gasteiger partial charge < -0.3 is 15.8 Å². The minimum absolute atomic E-state index is 0.165. The number of aromatic nitrogens is 4. The van der Waals surface area contributed by atoms with Crippen molar-refractivity contribution in [2.24, 2.45) is 5.92 Å². The zero-order valence-corrected chi connectivity index (χ0v) is 11.5. The average Bonchev–Trinajstić information content (AvgIpc) is 2.84. The van der Waals surface area contributed by atoms with Gasteiger partial charge in [-0.15, -0.1) is 0 Å². The summed E-state index contributed by atoms with van der Waals surface area (Å²) < 4.78 is 0. The summed E-state index contributed by atoms with van der Waals surface area (Å²) in [5, 5.41) is 9.20. The van der Waals surface area contributed by atoms with E-state index in [1.807, 2.05) is 12.1 Å². The maximum absolute atomic E-state index is 9.20. The van der Waals surface area contributed by atoms with Crippen LogP contribution in [0.5, 0.6) is 0 Å². The summed E-state index contributed by atoms with van der Waals surface area (Å²) in [5.74, 6) is 1.35. The largest absolute Gasteiger partial charge is 0.388 e. The number of nitrogens with zero attached hydrogens (tertiary/aromatic N) is 3. The number of rotatable bonds is 3. The van der Waals surface area contributed by atoms with Crippen LogP contribution in [0.1, 0.15) is 25.4 Å². The Morgan fingerprint density at radius 3 is 2.70 bits per heavy atom. The van der Waals surface area contributed by atoms with Crippen molar-refractivity contribution in [1.82, 2.24) is 19.9 Å². The van der Waals surface area contributed by atoms with Crippen molar-refractivity contribution >= 4 is 27.9 Å². The Balaban J connectivity index is 2.28. The minimum atomic E-state index is -0.165. The van der Waals surface area contributed by atoms with Gasteiger partial charge in [-0.05, 0) is 24.5 Å². The maximum Gasteiger partial charge on any atom is 0.152 e. The van der Waals surface area contributed by atoms with Crippen LogP contribution in [0.2, 0.25) is 0 Å². The highest BCUT2D eigenvalue weighted by molar-refractivity contribution is 6.03. The number of pyridine rings is 2. The van der Waals surface area contributed by atoms with Crippen molar-refractivity contribution in [1.29, 1.82) is 0 Å². The Morgan fingerprint density at radius 2 is 2.00 bits per heavy atom. The van der Waals surface area contributed by atoms with Gasteiger partial charge in [0.15, 0.2) is 5.82 Å². The first-order chi connectivity index (χ1) is 9.58. The van der Waals surface area contributed by atoms with E-state index in [0.717, 1.165) is 28.7 Å². The number of anilines is 1. The number of nitrogen functional groups attached to an aromatic ring is 1. The zero-order chi connectivity index (χ0) is 14.3. The molecule has 0 saturated heterocycles. The van der Waals surface area contributed by atoms with Gasteiger partial charge in [-0.2, -0.15) is 0 Å². The fourth-order valence-electron chi connectivity index (χ4n) is 2.33. The Labute approximate surface area is 116 Å². The molecule has 4 N–H and O–H groups in total. The summed E-state index contributed by atoms with van der Waals surface area (Å²) in [7, 11) is 0. The van der Waals surface area contributed by atoms with Crippen molar-refractivity contribution in [2.75, 3.05) is 5.73 Å². The van der Waals surface area contributed by atoms with E-state index in [1.54, 1.807) is 0 Å². The van der Waals surface area contributed by atoms with Crippen LogP contribution in [0.25, 0.3) is 22.1 Å². The quantitative estimate of drug-likeness (QED) is 0.674. The second-order valence-electron chi connectivity index (χ2n) is 5.33. The molecular formula is C14H17N5O. The van der Waals surface area contributed by atoms with Crippen LogP contribution in [-0.2, 0) is 13.0 Å². The first-order valence-electron chi connectivity index (χ1n) is 6.63. The maximum atomic E-state index is 9.20. The number of aliphatic hydroxyl groups excluding tert-OH is 1. The van der Waals surface area contributed by atoms with Gasteiger partial charge >= 0.3 is 0 Å². The van der Waals surface area contributed by atoms with Crippen molar-refractivity contribution < 1.29 is 5.11 Å². The number of hydrogen-bond acceptors (Lipinski definition) is 5. The summed E-state index contributed by atoms with van der Waals surface area (Å²) in [6.07, 6.45) is 0.906. The van der Waals surface area contributed by atoms with E-state index >= 15 is 0 Å². The number of nitrogens with one attached hydrogen (secondary N) is 1. The molecule has 6 nitrogen and oxygen atoms in total. The van der Waals surface area contributed by atoms with Crippen molar-refractivity contribution in [3.8, 4) is 0 Å². The van der Waals surface area contributed by atoms with Gasteiger partial charge in [-0.1, -0.05) is 13.8 Å². The van der Waals surface area contributed by atoms with E-state index in [0.29, 0.717) is 23.1 Å². The second-order valence-corrected chi connectivity index (χ2v) is 5.33. The Hall–Kier alpha value is -2.21.